The van der Waals surface area contributed by atoms with Gasteiger partial charge in [0.05, 0.1) is 27.8 Å². The molecule has 0 saturated heterocycles. The number of benzene rings is 1. The predicted octanol–water partition coefficient (Wildman–Crippen LogP) is 2.27. The number of hydrogen-bond acceptors (Lipinski definition) is 9. The number of aromatic nitrogens is 3. The number of nitrogens with two attached hydrogens (primary N) is 1. The molecule has 0 fully saturated rings. The molecule has 4 rings (SSSR count). The second-order valence-electron chi connectivity index (χ2n) is 5.94. The van der Waals surface area contributed by atoms with Crippen LogP contribution in [0.2, 0.25) is 0 Å². The van der Waals surface area contributed by atoms with Crippen molar-refractivity contribution in [3.05, 3.63) is 46.4 Å². The van der Waals surface area contributed by atoms with Gasteiger partial charge in [-0.3, -0.25) is 0 Å². The van der Waals surface area contributed by atoms with Crippen LogP contribution in [0.4, 0.5) is 5.69 Å². The fourth-order valence-corrected chi connectivity index (χ4v) is 3.14. The Balaban J connectivity index is 2.41. The summed E-state index contributed by atoms with van der Waals surface area (Å²) in [6, 6.07) is 13.9. The SMILES string of the molecule is N#Cc1cc2c3cc(N)c(C#N)nc3c3cc(C#N)c(C#N)nc3c2nc1C#N. The van der Waals surface area contributed by atoms with Crippen molar-refractivity contribution in [2.24, 2.45) is 0 Å². The number of nitriles is 5. The molecular weight excluding hydrogens is 366 g/mol. The van der Waals surface area contributed by atoms with Gasteiger partial charge >= 0.3 is 0 Å². The standard InChI is InChI=1S/C20H5N9/c21-4-9-1-11-12-3-14(26)17(8-25)29-18(12)13-2-10(5-22)16(7-24)28-20(13)19(11)27-15(9)6-23/h1-3H,26H2. The zero-order chi connectivity index (χ0) is 20.7. The molecule has 29 heavy (non-hydrogen) atoms. The van der Waals surface area contributed by atoms with Crippen LogP contribution >= 0.6 is 0 Å². The fraction of sp³-hybridized carbons (Fsp3) is 0. The summed E-state index contributed by atoms with van der Waals surface area (Å²) in [7, 11) is 0. The molecule has 0 atom stereocenters. The third-order valence-corrected chi connectivity index (χ3v) is 4.43. The van der Waals surface area contributed by atoms with E-state index < -0.39 is 0 Å². The van der Waals surface area contributed by atoms with Crippen molar-refractivity contribution >= 4 is 38.4 Å². The normalized spacial score (nSPS) is 10.0. The van der Waals surface area contributed by atoms with E-state index in [2.05, 4.69) is 15.0 Å². The fourth-order valence-electron chi connectivity index (χ4n) is 3.14. The highest BCUT2D eigenvalue weighted by molar-refractivity contribution is 6.22. The van der Waals surface area contributed by atoms with Gasteiger partial charge in [-0.25, -0.2) is 15.0 Å². The molecule has 3 aromatic heterocycles. The lowest BCUT2D eigenvalue weighted by Crippen LogP contribution is -2.00. The topological polar surface area (TPSA) is 184 Å². The van der Waals surface area contributed by atoms with Gasteiger partial charge in [0.1, 0.15) is 35.9 Å². The Hall–Kier alpha value is -5.30. The molecule has 9 nitrogen and oxygen atoms in total. The summed E-state index contributed by atoms with van der Waals surface area (Å²) >= 11 is 0. The maximum atomic E-state index is 9.36. The Morgan fingerprint density at radius 1 is 0.552 bits per heavy atom. The summed E-state index contributed by atoms with van der Waals surface area (Å²) < 4.78 is 0. The number of rotatable bonds is 0. The van der Waals surface area contributed by atoms with Crippen LogP contribution in [0.1, 0.15) is 28.2 Å². The predicted molar refractivity (Wildman–Crippen MR) is 100 cm³/mol. The highest BCUT2D eigenvalue weighted by atomic mass is 14.8. The van der Waals surface area contributed by atoms with E-state index in [1.807, 2.05) is 30.3 Å². The lowest BCUT2D eigenvalue weighted by Gasteiger charge is -2.11. The van der Waals surface area contributed by atoms with Gasteiger partial charge in [-0.05, 0) is 18.2 Å². The Bertz CT molecular complexity index is 1560. The van der Waals surface area contributed by atoms with Crippen molar-refractivity contribution in [1.82, 2.24) is 15.0 Å². The number of anilines is 1. The van der Waals surface area contributed by atoms with Crippen LogP contribution in [-0.4, -0.2) is 15.0 Å². The summed E-state index contributed by atoms with van der Waals surface area (Å²) in [6.45, 7) is 0. The molecule has 0 aliphatic heterocycles. The summed E-state index contributed by atoms with van der Waals surface area (Å²) in [5, 5.41) is 48.0. The lowest BCUT2D eigenvalue weighted by molar-refractivity contribution is 1.27. The van der Waals surface area contributed by atoms with Crippen molar-refractivity contribution in [3.63, 3.8) is 0 Å². The van der Waals surface area contributed by atoms with Crippen molar-refractivity contribution in [1.29, 1.82) is 26.3 Å². The molecule has 0 unspecified atom stereocenters. The largest absolute Gasteiger partial charge is 0.396 e. The summed E-state index contributed by atoms with van der Waals surface area (Å²) in [6.07, 6.45) is 0. The highest BCUT2D eigenvalue weighted by Gasteiger charge is 2.19. The summed E-state index contributed by atoms with van der Waals surface area (Å²) in [5.41, 5.74) is 6.73. The van der Waals surface area contributed by atoms with E-state index >= 15 is 0 Å². The third-order valence-electron chi connectivity index (χ3n) is 4.43. The Kier molecular flexibility index (Phi) is 3.63. The van der Waals surface area contributed by atoms with E-state index in [1.165, 1.54) is 18.2 Å². The first-order valence-electron chi connectivity index (χ1n) is 7.98. The van der Waals surface area contributed by atoms with Crippen LogP contribution in [0, 0.1) is 56.7 Å². The van der Waals surface area contributed by atoms with Gasteiger partial charge in [-0.15, -0.1) is 0 Å². The molecule has 0 spiro atoms. The molecular formula is C20H5N9. The van der Waals surface area contributed by atoms with Gasteiger partial charge < -0.3 is 5.73 Å². The van der Waals surface area contributed by atoms with Crippen LogP contribution in [0.3, 0.4) is 0 Å². The van der Waals surface area contributed by atoms with Crippen molar-refractivity contribution in [3.8, 4) is 30.3 Å². The van der Waals surface area contributed by atoms with Gasteiger partial charge in [0.15, 0.2) is 17.1 Å². The molecule has 2 N–H and O–H groups in total. The van der Waals surface area contributed by atoms with E-state index in [1.54, 1.807) is 0 Å². The quantitative estimate of drug-likeness (QED) is 0.453. The third kappa shape index (κ3) is 2.32. The van der Waals surface area contributed by atoms with Crippen molar-refractivity contribution in [2.75, 3.05) is 5.73 Å². The minimum Gasteiger partial charge on any atom is -0.396 e. The monoisotopic (exact) mass is 371 g/mol. The van der Waals surface area contributed by atoms with E-state index in [0.717, 1.165) is 0 Å². The zero-order valence-corrected chi connectivity index (χ0v) is 14.4. The van der Waals surface area contributed by atoms with Crippen molar-refractivity contribution < 1.29 is 0 Å². The molecule has 0 aliphatic rings. The maximum Gasteiger partial charge on any atom is 0.164 e. The Labute approximate surface area is 162 Å². The van der Waals surface area contributed by atoms with Crippen LogP contribution in [0.25, 0.3) is 32.7 Å². The second-order valence-corrected chi connectivity index (χ2v) is 5.94. The minimum atomic E-state index is -0.110. The van der Waals surface area contributed by atoms with E-state index in [0.29, 0.717) is 21.7 Å². The molecule has 0 saturated carbocycles. The lowest BCUT2D eigenvalue weighted by atomic mass is 9.99. The van der Waals surface area contributed by atoms with Crippen molar-refractivity contribution in [2.45, 2.75) is 0 Å². The molecule has 3 heterocycles. The number of pyridine rings is 3. The number of nitrogens with zero attached hydrogens (tertiary/aromatic N) is 8. The first kappa shape index (κ1) is 17.1. The van der Waals surface area contributed by atoms with E-state index in [4.69, 9.17) is 5.73 Å². The average molecular weight is 371 g/mol. The maximum absolute atomic E-state index is 9.36. The molecule has 0 radical (unpaired) electrons. The molecule has 4 aromatic rings. The molecule has 0 aliphatic carbocycles. The number of nitrogen functional groups attached to an aromatic ring is 1. The van der Waals surface area contributed by atoms with Crippen LogP contribution in [0.5, 0.6) is 0 Å². The van der Waals surface area contributed by atoms with Gasteiger partial charge in [-0.1, -0.05) is 0 Å². The van der Waals surface area contributed by atoms with Gasteiger partial charge in [-0.2, -0.15) is 26.3 Å². The van der Waals surface area contributed by atoms with Gasteiger partial charge in [0.2, 0.25) is 0 Å². The summed E-state index contributed by atoms with van der Waals surface area (Å²) in [4.78, 5) is 12.8. The minimum absolute atomic E-state index is 0.0110. The zero-order valence-electron chi connectivity index (χ0n) is 14.4. The van der Waals surface area contributed by atoms with Crippen LogP contribution in [-0.2, 0) is 0 Å². The second kappa shape index (κ2) is 6.15. The molecule has 130 valence electrons. The Morgan fingerprint density at radius 3 is 1.52 bits per heavy atom. The summed E-state index contributed by atoms with van der Waals surface area (Å²) in [5.74, 6) is 0. The first-order chi connectivity index (χ1) is 14.1. The molecule has 1 aromatic carbocycles. The first-order valence-corrected chi connectivity index (χ1v) is 7.98. The molecule has 9 heteroatoms. The Morgan fingerprint density at radius 2 is 1.00 bits per heavy atom. The number of fused-ring (bicyclic) bond motifs is 6. The van der Waals surface area contributed by atoms with Gasteiger partial charge in [0, 0.05) is 16.2 Å². The van der Waals surface area contributed by atoms with E-state index in [-0.39, 0.29) is 44.9 Å². The molecule has 0 amide bonds. The van der Waals surface area contributed by atoms with Gasteiger partial charge in [0.25, 0.3) is 0 Å². The highest BCUT2D eigenvalue weighted by Crippen LogP contribution is 2.35. The van der Waals surface area contributed by atoms with Crippen LogP contribution in [0.15, 0.2) is 18.2 Å². The van der Waals surface area contributed by atoms with E-state index in [9.17, 15) is 26.3 Å². The van der Waals surface area contributed by atoms with Crippen LogP contribution < -0.4 is 5.73 Å². The number of hydrogen-bond donors (Lipinski definition) is 1. The smallest absolute Gasteiger partial charge is 0.164 e. The molecule has 0 bridgehead atoms. The average Bonchev–Trinajstić information content (AvgIpc) is 2.76.